The predicted octanol–water partition coefficient (Wildman–Crippen LogP) is 3.49. The van der Waals surface area contributed by atoms with E-state index in [1.807, 2.05) is 39.0 Å². The van der Waals surface area contributed by atoms with Gasteiger partial charge in [0, 0.05) is 23.7 Å². The average Bonchev–Trinajstić information content (AvgIpc) is 2.40. The monoisotopic (exact) mass is 320 g/mol. The number of carbonyl (C=O) groups excluding carboxylic acids is 1. The molecule has 0 aliphatic heterocycles. The molecule has 0 heterocycles. The summed E-state index contributed by atoms with van der Waals surface area (Å²) in [4.78, 5) is 11.7. The second-order valence-electron chi connectivity index (χ2n) is 7.20. The van der Waals surface area contributed by atoms with E-state index in [1.54, 1.807) is 6.07 Å². The van der Waals surface area contributed by atoms with Gasteiger partial charge in [-0.15, -0.1) is 0 Å². The number of phenols is 1. The molecule has 1 fully saturated rings. The van der Waals surface area contributed by atoms with Crippen LogP contribution in [-0.2, 0) is 4.74 Å². The van der Waals surface area contributed by atoms with Crippen molar-refractivity contribution in [2.24, 2.45) is 0 Å². The first kappa shape index (κ1) is 17.6. The third kappa shape index (κ3) is 5.13. The van der Waals surface area contributed by atoms with Crippen molar-refractivity contribution < 1.29 is 14.6 Å². The topological polar surface area (TPSA) is 70.6 Å². The summed E-state index contributed by atoms with van der Waals surface area (Å²) in [6, 6.07) is 8.06. The smallest absolute Gasteiger partial charge is 0.407 e. The van der Waals surface area contributed by atoms with Gasteiger partial charge in [-0.05, 0) is 46.1 Å². The number of ether oxygens (including phenoxy) is 1. The van der Waals surface area contributed by atoms with Crippen molar-refractivity contribution in [3.8, 4) is 5.75 Å². The Kier molecular flexibility index (Phi) is 5.52. The molecule has 0 radical (unpaired) electrons. The van der Waals surface area contributed by atoms with Crippen LogP contribution in [0.1, 0.15) is 58.6 Å². The summed E-state index contributed by atoms with van der Waals surface area (Å²) >= 11 is 0. The number of nitrogens with one attached hydrogen (secondary N) is 2. The minimum atomic E-state index is -0.469. The molecule has 5 heteroatoms. The number of para-hydroxylation sites is 1. The van der Waals surface area contributed by atoms with Crippen LogP contribution in [0, 0.1) is 0 Å². The van der Waals surface area contributed by atoms with Gasteiger partial charge in [0.1, 0.15) is 11.4 Å². The second kappa shape index (κ2) is 7.21. The van der Waals surface area contributed by atoms with Crippen LogP contribution in [0.25, 0.3) is 0 Å². The highest BCUT2D eigenvalue weighted by atomic mass is 16.6. The molecule has 5 nitrogen and oxygen atoms in total. The molecular weight excluding hydrogens is 292 g/mol. The maximum atomic E-state index is 11.7. The van der Waals surface area contributed by atoms with Crippen LogP contribution in [0.2, 0.25) is 0 Å². The van der Waals surface area contributed by atoms with Crippen molar-refractivity contribution in [2.45, 2.75) is 70.7 Å². The van der Waals surface area contributed by atoms with E-state index in [9.17, 15) is 9.90 Å². The highest BCUT2D eigenvalue weighted by Crippen LogP contribution is 2.29. The van der Waals surface area contributed by atoms with Crippen molar-refractivity contribution in [1.29, 1.82) is 0 Å². The van der Waals surface area contributed by atoms with E-state index >= 15 is 0 Å². The highest BCUT2D eigenvalue weighted by molar-refractivity contribution is 5.68. The van der Waals surface area contributed by atoms with Crippen LogP contribution in [0.4, 0.5) is 4.79 Å². The van der Waals surface area contributed by atoms with Gasteiger partial charge in [0.05, 0.1) is 0 Å². The number of carbonyl (C=O) groups is 1. The first-order chi connectivity index (χ1) is 10.8. The van der Waals surface area contributed by atoms with E-state index in [0.717, 1.165) is 24.8 Å². The molecule has 1 saturated carbocycles. The maximum absolute atomic E-state index is 11.7. The molecule has 3 N–H and O–H groups in total. The van der Waals surface area contributed by atoms with Crippen LogP contribution in [0.3, 0.4) is 0 Å². The lowest BCUT2D eigenvalue weighted by atomic mass is 9.85. The van der Waals surface area contributed by atoms with Gasteiger partial charge in [0.25, 0.3) is 0 Å². The van der Waals surface area contributed by atoms with Crippen molar-refractivity contribution >= 4 is 6.09 Å². The maximum Gasteiger partial charge on any atom is 0.407 e. The first-order valence-corrected chi connectivity index (χ1v) is 8.32. The summed E-state index contributed by atoms with van der Waals surface area (Å²) in [6.45, 7) is 7.67. The molecule has 1 amide bonds. The molecular formula is C18H28N2O3. The molecule has 1 aromatic carbocycles. The molecule has 2 rings (SSSR count). The second-order valence-corrected chi connectivity index (χ2v) is 7.20. The van der Waals surface area contributed by atoms with Crippen LogP contribution >= 0.6 is 0 Å². The third-order valence-corrected chi connectivity index (χ3v) is 4.02. The summed E-state index contributed by atoms with van der Waals surface area (Å²) < 4.78 is 5.26. The quantitative estimate of drug-likeness (QED) is 0.776. The van der Waals surface area contributed by atoms with E-state index in [1.165, 1.54) is 0 Å². The lowest BCUT2D eigenvalue weighted by molar-refractivity contribution is 0.0462. The zero-order valence-corrected chi connectivity index (χ0v) is 14.4. The fraction of sp³-hybridized carbons (Fsp3) is 0.611. The molecule has 1 unspecified atom stereocenters. The van der Waals surface area contributed by atoms with Crippen molar-refractivity contribution in [2.75, 3.05) is 0 Å². The summed E-state index contributed by atoms with van der Waals surface area (Å²) in [5, 5.41) is 16.4. The molecule has 1 atom stereocenters. The standard InChI is InChI=1S/C18H28N2O3/c1-5-15(14-8-6-7-9-16(14)21)19-12-10-13(11-12)20-17(22)23-18(2,3)4/h6-9,12-13,15,19,21H,5,10-11H2,1-4H3,(H,20,22). The largest absolute Gasteiger partial charge is 0.508 e. The Morgan fingerprint density at radius 3 is 2.52 bits per heavy atom. The number of rotatable bonds is 5. The van der Waals surface area contributed by atoms with Crippen molar-refractivity contribution in [3.63, 3.8) is 0 Å². The molecule has 128 valence electrons. The van der Waals surface area contributed by atoms with Crippen LogP contribution < -0.4 is 10.6 Å². The van der Waals surface area contributed by atoms with Gasteiger partial charge in [-0.1, -0.05) is 25.1 Å². The van der Waals surface area contributed by atoms with Gasteiger partial charge < -0.3 is 20.5 Å². The fourth-order valence-electron chi connectivity index (χ4n) is 2.84. The van der Waals surface area contributed by atoms with Crippen LogP contribution in [0.5, 0.6) is 5.75 Å². The fourth-order valence-corrected chi connectivity index (χ4v) is 2.84. The zero-order chi connectivity index (χ0) is 17.0. The average molecular weight is 320 g/mol. The van der Waals surface area contributed by atoms with Gasteiger partial charge in [0.15, 0.2) is 0 Å². The molecule has 23 heavy (non-hydrogen) atoms. The Morgan fingerprint density at radius 1 is 1.30 bits per heavy atom. The van der Waals surface area contributed by atoms with Crippen molar-refractivity contribution in [1.82, 2.24) is 10.6 Å². The number of aromatic hydroxyl groups is 1. The summed E-state index contributed by atoms with van der Waals surface area (Å²) in [7, 11) is 0. The lowest BCUT2D eigenvalue weighted by Crippen LogP contribution is -2.53. The van der Waals surface area contributed by atoms with Gasteiger partial charge in [-0.3, -0.25) is 0 Å². The van der Waals surface area contributed by atoms with Crippen molar-refractivity contribution in [3.05, 3.63) is 29.8 Å². The Hall–Kier alpha value is -1.75. The summed E-state index contributed by atoms with van der Waals surface area (Å²) in [5.41, 5.74) is 0.461. The molecule has 0 aromatic heterocycles. The van der Waals surface area contributed by atoms with Crippen LogP contribution in [0.15, 0.2) is 24.3 Å². The predicted molar refractivity (Wildman–Crippen MR) is 90.5 cm³/mol. The molecule has 1 aliphatic rings. The van der Waals surface area contributed by atoms with E-state index in [-0.39, 0.29) is 18.2 Å². The number of benzene rings is 1. The van der Waals surface area contributed by atoms with Gasteiger partial charge in [-0.25, -0.2) is 4.79 Å². The number of phenolic OH excluding ortho intramolecular Hbond substituents is 1. The molecule has 0 spiro atoms. The number of hydrogen-bond donors (Lipinski definition) is 3. The number of amides is 1. The lowest BCUT2D eigenvalue weighted by Gasteiger charge is -2.39. The number of hydrogen-bond acceptors (Lipinski definition) is 4. The molecule has 0 bridgehead atoms. The SMILES string of the molecule is CCC(NC1CC(NC(=O)OC(C)(C)C)C1)c1ccccc1O. The Labute approximate surface area is 138 Å². The minimum absolute atomic E-state index is 0.128. The molecule has 1 aliphatic carbocycles. The normalized spacial score (nSPS) is 22.1. The summed E-state index contributed by atoms with van der Waals surface area (Å²) in [5.74, 6) is 0.328. The van der Waals surface area contributed by atoms with Gasteiger partial charge in [0.2, 0.25) is 0 Å². The third-order valence-electron chi connectivity index (χ3n) is 4.02. The van der Waals surface area contributed by atoms with E-state index < -0.39 is 5.60 Å². The van der Waals surface area contributed by atoms with Gasteiger partial charge in [-0.2, -0.15) is 0 Å². The zero-order valence-electron chi connectivity index (χ0n) is 14.4. The minimum Gasteiger partial charge on any atom is -0.508 e. The van der Waals surface area contributed by atoms with Crippen LogP contribution in [-0.4, -0.2) is 28.9 Å². The summed E-state index contributed by atoms with van der Waals surface area (Å²) in [6.07, 6.45) is 2.30. The van der Waals surface area contributed by atoms with E-state index in [4.69, 9.17) is 4.74 Å². The number of alkyl carbamates (subject to hydrolysis) is 1. The van der Waals surface area contributed by atoms with E-state index in [0.29, 0.717) is 11.8 Å². The Morgan fingerprint density at radius 2 is 1.96 bits per heavy atom. The Bertz CT molecular complexity index is 533. The Balaban J connectivity index is 1.79. The molecule has 0 saturated heterocycles. The first-order valence-electron chi connectivity index (χ1n) is 8.32. The molecule has 1 aromatic rings. The van der Waals surface area contributed by atoms with E-state index in [2.05, 4.69) is 17.6 Å². The highest BCUT2D eigenvalue weighted by Gasteiger charge is 2.33. The van der Waals surface area contributed by atoms with Gasteiger partial charge >= 0.3 is 6.09 Å².